The summed E-state index contributed by atoms with van der Waals surface area (Å²) in [5.41, 5.74) is 1.16. The van der Waals surface area contributed by atoms with Crippen LogP contribution >= 0.6 is 0 Å². The normalized spacial score (nSPS) is 18.8. The number of carbonyl (C=O) groups excluding carboxylic acids is 4. The molecule has 0 unspecified atom stereocenters. The molecule has 42 heavy (non-hydrogen) atoms. The van der Waals surface area contributed by atoms with Gasteiger partial charge in [-0.25, -0.2) is 0 Å². The average molecular weight is 580 g/mol. The van der Waals surface area contributed by atoms with E-state index >= 15 is 0 Å². The third kappa shape index (κ3) is 10.5. The summed E-state index contributed by atoms with van der Waals surface area (Å²) in [5.74, 6) is -1.00. The van der Waals surface area contributed by atoms with Gasteiger partial charge >= 0.3 is 0 Å². The molecule has 10 nitrogen and oxygen atoms in total. The molecule has 1 aliphatic rings. The molecule has 2 aromatic rings. The second kappa shape index (κ2) is 16.5. The molecule has 0 saturated carbocycles. The molecule has 0 radical (unpaired) electrons. The van der Waals surface area contributed by atoms with Crippen LogP contribution in [0.5, 0.6) is 5.75 Å². The Morgan fingerprint density at radius 1 is 1.02 bits per heavy atom. The molecule has 0 aliphatic carbocycles. The highest BCUT2D eigenvalue weighted by Gasteiger charge is 2.27. The van der Waals surface area contributed by atoms with Gasteiger partial charge in [0.15, 0.2) is 0 Å². The number of hydrogen-bond donors (Lipinski definition) is 3. The second-order valence-corrected chi connectivity index (χ2v) is 11.3. The maximum absolute atomic E-state index is 13.5. The van der Waals surface area contributed by atoms with Crippen molar-refractivity contribution in [2.24, 2.45) is 5.92 Å². The summed E-state index contributed by atoms with van der Waals surface area (Å²) in [5, 5.41) is 8.76. The first kappa shape index (κ1) is 32.6. The molecule has 0 spiro atoms. The Morgan fingerprint density at radius 2 is 1.74 bits per heavy atom. The minimum Gasteiger partial charge on any atom is -0.491 e. The standard InChI is InChI=1S/C32H45N5O5/c1-23(2)27-22-42-28-15-9-8-14-25(28)31(40)35-26(32(41)33-18-10-11-19-36(3)4)16-17-30(39)37(21-29(38)34-27)20-24-12-6-5-7-13-24/h5-9,12-15,23,26-27H,10-11,16-22H2,1-4H3,(H,33,41)(H,34,38)(H,35,40)/t26-,27+/m0/s1. The first-order chi connectivity index (χ1) is 20.1. The van der Waals surface area contributed by atoms with Gasteiger partial charge in [0.25, 0.3) is 5.91 Å². The monoisotopic (exact) mass is 579 g/mol. The zero-order chi connectivity index (χ0) is 30.5. The molecular formula is C32H45N5O5. The predicted molar refractivity (Wildman–Crippen MR) is 162 cm³/mol. The summed E-state index contributed by atoms with van der Waals surface area (Å²) >= 11 is 0. The van der Waals surface area contributed by atoms with E-state index < -0.39 is 11.9 Å². The van der Waals surface area contributed by atoms with E-state index in [1.54, 1.807) is 24.3 Å². The smallest absolute Gasteiger partial charge is 0.255 e. The molecule has 0 saturated heterocycles. The van der Waals surface area contributed by atoms with Crippen LogP contribution in [0.1, 0.15) is 55.5 Å². The van der Waals surface area contributed by atoms with Crippen molar-refractivity contribution in [3.05, 3.63) is 65.7 Å². The SMILES string of the molecule is CC(C)[C@H]1COc2ccccc2C(=O)N[C@H](C(=O)NCCCCN(C)C)CCC(=O)N(Cc2ccccc2)CC(=O)N1. The third-order valence-electron chi connectivity index (χ3n) is 7.20. The Hall–Kier alpha value is -3.92. The highest BCUT2D eigenvalue weighted by molar-refractivity contribution is 5.99. The van der Waals surface area contributed by atoms with Gasteiger partial charge < -0.3 is 30.5 Å². The van der Waals surface area contributed by atoms with Gasteiger partial charge in [-0.2, -0.15) is 0 Å². The first-order valence-electron chi connectivity index (χ1n) is 14.7. The van der Waals surface area contributed by atoms with Crippen molar-refractivity contribution in [2.75, 3.05) is 40.3 Å². The Kier molecular flexibility index (Phi) is 12.8. The van der Waals surface area contributed by atoms with Gasteiger partial charge in [0.05, 0.1) is 18.2 Å². The van der Waals surface area contributed by atoms with E-state index in [-0.39, 0.29) is 67.8 Å². The van der Waals surface area contributed by atoms with Gasteiger partial charge in [-0.05, 0) is 63.5 Å². The number of ether oxygens (including phenoxy) is 1. The van der Waals surface area contributed by atoms with E-state index in [1.807, 2.05) is 58.3 Å². The Labute approximate surface area is 249 Å². The number of rotatable bonds is 9. The highest BCUT2D eigenvalue weighted by atomic mass is 16.5. The second-order valence-electron chi connectivity index (χ2n) is 11.3. The molecule has 0 bridgehead atoms. The summed E-state index contributed by atoms with van der Waals surface area (Å²) in [6, 6.07) is 15.0. The lowest BCUT2D eigenvalue weighted by Gasteiger charge is -2.26. The molecular weight excluding hydrogens is 534 g/mol. The summed E-state index contributed by atoms with van der Waals surface area (Å²) in [4.78, 5) is 56.9. The zero-order valence-corrected chi connectivity index (χ0v) is 25.2. The van der Waals surface area contributed by atoms with Crippen molar-refractivity contribution >= 4 is 23.6 Å². The minimum absolute atomic E-state index is 0.0230. The number of nitrogens with zero attached hydrogens (tertiary/aromatic N) is 2. The number of amides is 4. The van der Waals surface area contributed by atoms with Gasteiger partial charge in [-0.1, -0.05) is 56.3 Å². The molecule has 2 atom stereocenters. The molecule has 1 aliphatic heterocycles. The Bertz CT molecular complexity index is 1190. The quantitative estimate of drug-likeness (QED) is 0.393. The largest absolute Gasteiger partial charge is 0.491 e. The van der Waals surface area contributed by atoms with Crippen molar-refractivity contribution in [2.45, 2.75) is 58.2 Å². The number of unbranched alkanes of at least 4 members (excludes halogenated alkanes) is 1. The summed E-state index contributed by atoms with van der Waals surface area (Å²) in [6.45, 7) is 5.55. The molecule has 1 heterocycles. The number of benzene rings is 2. The van der Waals surface area contributed by atoms with E-state index in [1.165, 1.54) is 4.90 Å². The van der Waals surface area contributed by atoms with E-state index in [2.05, 4.69) is 20.9 Å². The molecule has 0 fully saturated rings. The van der Waals surface area contributed by atoms with Crippen LogP contribution in [0.15, 0.2) is 54.6 Å². The summed E-state index contributed by atoms with van der Waals surface area (Å²) < 4.78 is 6.05. The van der Waals surface area contributed by atoms with Gasteiger partial charge in [-0.3, -0.25) is 19.2 Å². The van der Waals surface area contributed by atoms with Crippen molar-refractivity contribution < 1.29 is 23.9 Å². The molecule has 228 valence electrons. The van der Waals surface area contributed by atoms with Crippen LogP contribution in [-0.4, -0.2) is 85.8 Å². The molecule has 4 amide bonds. The maximum Gasteiger partial charge on any atom is 0.255 e. The van der Waals surface area contributed by atoms with Gasteiger partial charge in [0.1, 0.15) is 18.4 Å². The number of hydrogen-bond acceptors (Lipinski definition) is 6. The van der Waals surface area contributed by atoms with Crippen LogP contribution in [0.2, 0.25) is 0 Å². The van der Waals surface area contributed by atoms with Crippen molar-refractivity contribution in [1.82, 2.24) is 25.8 Å². The number of fused-ring (bicyclic) bond motifs is 1. The van der Waals surface area contributed by atoms with E-state index in [0.717, 1.165) is 24.9 Å². The van der Waals surface area contributed by atoms with Gasteiger partial charge in [0, 0.05) is 19.5 Å². The van der Waals surface area contributed by atoms with Crippen LogP contribution in [0.3, 0.4) is 0 Å². The van der Waals surface area contributed by atoms with Gasteiger partial charge in [-0.15, -0.1) is 0 Å². The fourth-order valence-electron chi connectivity index (χ4n) is 4.64. The fraction of sp³-hybridized carbons (Fsp3) is 0.500. The minimum atomic E-state index is -0.940. The molecule has 3 rings (SSSR count). The van der Waals surface area contributed by atoms with Crippen LogP contribution in [-0.2, 0) is 20.9 Å². The third-order valence-corrected chi connectivity index (χ3v) is 7.20. The van der Waals surface area contributed by atoms with Crippen molar-refractivity contribution in [1.29, 1.82) is 0 Å². The van der Waals surface area contributed by atoms with Crippen LogP contribution in [0.4, 0.5) is 0 Å². The fourth-order valence-corrected chi connectivity index (χ4v) is 4.64. The number of carbonyl (C=O) groups is 4. The van der Waals surface area contributed by atoms with Crippen LogP contribution in [0.25, 0.3) is 0 Å². The van der Waals surface area contributed by atoms with E-state index in [0.29, 0.717) is 12.3 Å². The Morgan fingerprint density at radius 3 is 2.45 bits per heavy atom. The highest BCUT2D eigenvalue weighted by Crippen LogP contribution is 2.20. The van der Waals surface area contributed by atoms with Crippen LogP contribution in [0, 0.1) is 5.92 Å². The van der Waals surface area contributed by atoms with Gasteiger partial charge in [0.2, 0.25) is 17.7 Å². The number of nitrogens with one attached hydrogen (secondary N) is 3. The zero-order valence-electron chi connectivity index (χ0n) is 25.2. The average Bonchev–Trinajstić information content (AvgIpc) is 2.96. The summed E-state index contributed by atoms with van der Waals surface area (Å²) in [6.07, 6.45) is 1.77. The first-order valence-corrected chi connectivity index (χ1v) is 14.7. The van der Waals surface area contributed by atoms with Crippen LogP contribution < -0.4 is 20.7 Å². The van der Waals surface area contributed by atoms with Crippen molar-refractivity contribution in [3.8, 4) is 5.75 Å². The summed E-state index contributed by atoms with van der Waals surface area (Å²) in [7, 11) is 3.99. The predicted octanol–water partition coefficient (Wildman–Crippen LogP) is 2.59. The molecule has 0 aromatic heterocycles. The Balaban J connectivity index is 1.86. The lowest BCUT2D eigenvalue weighted by Crippen LogP contribution is -2.48. The topological polar surface area (TPSA) is 120 Å². The molecule has 10 heteroatoms. The van der Waals surface area contributed by atoms with Crippen molar-refractivity contribution in [3.63, 3.8) is 0 Å². The molecule has 2 aromatic carbocycles. The molecule has 3 N–H and O–H groups in total. The van der Waals surface area contributed by atoms with E-state index in [9.17, 15) is 19.2 Å². The lowest BCUT2D eigenvalue weighted by molar-refractivity contribution is -0.137. The van der Waals surface area contributed by atoms with E-state index in [4.69, 9.17) is 4.74 Å². The lowest BCUT2D eigenvalue weighted by atomic mass is 10.1. The number of para-hydroxylation sites is 1. The maximum atomic E-state index is 13.5.